The molecule has 116 valence electrons. The fourth-order valence-corrected chi connectivity index (χ4v) is 2.59. The molecular weight excluding hydrogens is 290 g/mol. The van der Waals surface area contributed by atoms with Gasteiger partial charge >= 0.3 is 5.88 Å². The Morgan fingerprint density at radius 1 is 1.41 bits per heavy atom. The van der Waals surface area contributed by atoms with Gasteiger partial charge in [0, 0.05) is 25.5 Å². The van der Waals surface area contributed by atoms with Gasteiger partial charge in [0.1, 0.15) is 4.92 Å². The van der Waals surface area contributed by atoms with E-state index >= 15 is 0 Å². The van der Waals surface area contributed by atoms with Crippen LogP contribution in [0.15, 0.2) is 34.9 Å². The number of aromatic nitrogens is 1. The fourth-order valence-electron chi connectivity index (χ4n) is 2.59. The molecule has 1 unspecified atom stereocenters. The molecule has 1 amide bonds. The number of nitro groups is 1. The molecule has 8 heteroatoms. The van der Waals surface area contributed by atoms with E-state index in [1.54, 1.807) is 4.90 Å². The molecule has 0 spiro atoms. The number of hydrogen-bond acceptors (Lipinski definition) is 5. The lowest BCUT2D eigenvalue weighted by molar-refractivity contribution is -0.402. The molecule has 0 N–H and O–H groups in total. The third kappa shape index (κ3) is 2.48. The van der Waals surface area contributed by atoms with Crippen molar-refractivity contribution in [3.8, 4) is 0 Å². The van der Waals surface area contributed by atoms with Crippen LogP contribution >= 0.6 is 0 Å². The third-order valence-electron chi connectivity index (χ3n) is 3.70. The van der Waals surface area contributed by atoms with Crippen molar-refractivity contribution in [2.24, 2.45) is 7.05 Å². The molecule has 2 aromatic rings. The van der Waals surface area contributed by atoms with Gasteiger partial charge in [-0.15, -0.1) is 0 Å². The number of hydrogen-bond donors (Lipinski definition) is 0. The lowest BCUT2D eigenvalue weighted by Gasteiger charge is -2.35. The molecule has 1 saturated heterocycles. The van der Waals surface area contributed by atoms with E-state index in [4.69, 9.17) is 9.15 Å². The normalized spacial score (nSPS) is 18.4. The van der Waals surface area contributed by atoms with Crippen LogP contribution in [0.4, 0.5) is 5.88 Å². The molecular formula is C14H15N3O5. The van der Waals surface area contributed by atoms with Gasteiger partial charge < -0.3 is 18.6 Å². The summed E-state index contributed by atoms with van der Waals surface area (Å²) < 4.78 is 12.4. The van der Waals surface area contributed by atoms with Gasteiger partial charge in [0.2, 0.25) is 0 Å². The zero-order valence-electron chi connectivity index (χ0n) is 12.0. The zero-order valence-corrected chi connectivity index (χ0v) is 12.0. The van der Waals surface area contributed by atoms with E-state index in [1.807, 2.05) is 29.9 Å². The van der Waals surface area contributed by atoms with Gasteiger partial charge in [-0.05, 0) is 18.2 Å². The monoisotopic (exact) mass is 305 g/mol. The van der Waals surface area contributed by atoms with Gasteiger partial charge in [0.15, 0.2) is 5.76 Å². The van der Waals surface area contributed by atoms with Gasteiger partial charge in [-0.25, -0.2) is 0 Å². The topological polar surface area (TPSA) is 90.8 Å². The highest BCUT2D eigenvalue weighted by atomic mass is 16.6. The summed E-state index contributed by atoms with van der Waals surface area (Å²) in [4.78, 5) is 24.2. The first-order chi connectivity index (χ1) is 10.6. The number of rotatable bonds is 3. The molecule has 1 aliphatic heterocycles. The van der Waals surface area contributed by atoms with Crippen molar-refractivity contribution in [2.75, 3.05) is 19.8 Å². The van der Waals surface area contributed by atoms with Crippen LogP contribution in [0.25, 0.3) is 0 Å². The quantitative estimate of drug-likeness (QED) is 0.636. The Bertz CT molecular complexity index is 705. The third-order valence-corrected chi connectivity index (χ3v) is 3.70. The molecule has 0 radical (unpaired) electrons. The Morgan fingerprint density at radius 3 is 2.86 bits per heavy atom. The average molecular weight is 305 g/mol. The molecule has 8 nitrogen and oxygen atoms in total. The van der Waals surface area contributed by atoms with Crippen molar-refractivity contribution < 1.29 is 18.9 Å². The van der Waals surface area contributed by atoms with E-state index in [2.05, 4.69) is 0 Å². The standard InChI is InChI=1S/C14H15N3O5/c1-15-6-2-3-10(15)11-9-21-8-7-16(11)14(18)12-4-5-13(22-12)17(19)20/h2-6,11H,7-9H2,1H3. The van der Waals surface area contributed by atoms with Crippen molar-refractivity contribution in [3.63, 3.8) is 0 Å². The first-order valence-corrected chi connectivity index (χ1v) is 6.82. The SMILES string of the molecule is Cn1cccc1C1COCCN1C(=O)c1ccc([N+](=O)[O-])o1. The number of carbonyl (C=O) groups is 1. The van der Waals surface area contributed by atoms with E-state index < -0.39 is 10.8 Å². The maximum absolute atomic E-state index is 12.6. The van der Waals surface area contributed by atoms with Crippen LogP contribution in [0.5, 0.6) is 0 Å². The largest absolute Gasteiger partial charge is 0.433 e. The number of carbonyl (C=O) groups excluding carboxylic acids is 1. The first-order valence-electron chi connectivity index (χ1n) is 6.82. The minimum Gasteiger partial charge on any atom is -0.395 e. The van der Waals surface area contributed by atoms with Crippen LogP contribution in [0.1, 0.15) is 22.3 Å². The number of ether oxygens (including phenoxy) is 1. The molecule has 22 heavy (non-hydrogen) atoms. The fraction of sp³-hybridized carbons (Fsp3) is 0.357. The van der Waals surface area contributed by atoms with Crippen LogP contribution in [0.2, 0.25) is 0 Å². The summed E-state index contributed by atoms with van der Waals surface area (Å²) in [7, 11) is 1.89. The van der Waals surface area contributed by atoms with Crippen LogP contribution in [-0.4, -0.2) is 40.1 Å². The molecule has 0 bridgehead atoms. The summed E-state index contributed by atoms with van der Waals surface area (Å²) in [5.41, 5.74) is 0.939. The molecule has 3 heterocycles. The minimum atomic E-state index is -0.662. The molecule has 0 aromatic carbocycles. The second-order valence-electron chi connectivity index (χ2n) is 5.03. The molecule has 0 aliphatic carbocycles. The van der Waals surface area contributed by atoms with Gasteiger partial charge in [0.05, 0.1) is 25.3 Å². The van der Waals surface area contributed by atoms with Gasteiger partial charge in [-0.1, -0.05) is 0 Å². The highest BCUT2D eigenvalue weighted by Gasteiger charge is 2.32. The summed E-state index contributed by atoms with van der Waals surface area (Å²) in [6.07, 6.45) is 1.89. The molecule has 1 atom stereocenters. The molecule has 1 aliphatic rings. The predicted octanol–water partition coefficient (Wildman–Crippen LogP) is 1.74. The molecule has 1 fully saturated rings. The van der Waals surface area contributed by atoms with Crippen molar-refractivity contribution in [1.29, 1.82) is 0 Å². The lowest BCUT2D eigenvalue weighted by Crippen LogP contribution is -2.43. The van der Waals surface area contributed by atoms with E-state index in [1.165, 1.54) is 12.1 Å². The number of furan rings is 1. The molecule has 0 saturated carbocycles. The summed E-state index contributed by atoms with van der Waals surface area (Å²) in [5.74, 6) is -0.845. The number of morpholine rings is 1. The first kappa shape index (κ1) is 14.3. The van der Waals surface area contributed by atoms with Crippen molar-refractivity contribution in [1.82, 2.24) is 9.47 Å². The highest BCUT2D eigenvalue weighted by molar-refractivity contribution is 5.92. The van der Waals surface area contributed by atoms with Gasteiger partial charge in [-0.3, -0.25) is 14.9 Å². The minimum absolute atomic E-state index is 0.0344. The lowest BCUT2D eigenvalue weighted by atomic mass is 10.1. The Hall–Kier alpha value is -2.61. The van der Waals surface area contributed by atoms with E-state index in [9.17, 15) is 14.9 Å². The van der Waals surface area contributed by atoms with Crippen LogP contribution in [-0.2, 0) is 11.8 Å². The maximum Gasteiger partial charge on any atom is 0.433 e. The smallest absolute Gasteiger partial charge is 0.395 e. The Kier molecular flexibility index (Phi) is 3.68. The maximum atomic E-state index is 12.6. The van der Waals surface area contributed by atoms with Gasteiger partial charge in [-0.2, -0.15) is 0 Å². The molecule has 2 aromatic heterocycles. The van der Waals surface area contributed by atoms with Crippen LogP contribution in [0, 0.1) is 10.1 Å². The summed E-state index contributed by atoms with van der Waals surface area (Å²) in [6, 6.07) is 6.09. The van der Waals surface area contributed by atoms with Crippen molar-refractivity contribution in [2.45, 2.75) is 6.04 Å². The highest BCUT2D eigenvalue weighted by Crippen LogP contribution is 2.27. The van der Waals surface area contributed by atoms with E-state index in [0.29, 0.717) is 19.8 Å². The second kappa shape index (κ2) is 5.64. The zero-order chi connectivity index (χ0) is 15.7. The summed E-state index contributed by atoms with van der Waals surface area (Å²) >= 11 is 0. The van der Waals surface area contributed by atoms with Crippen molar-refractivity contribution in [3.05, 3.63) is 52.0 Å². The predicted molar refractivity (Wildman–Crippen MR) is 75.4 cm³/mol. The number of amides is 1. The van der Waals surface area contributed by atoms with E-state index in [-0.39, 0.29) is 17.7 Å². The van der Waals surface area contributed by atoms with Crippen molar-refractivity contribution >= 4 is 11.8 Å². The number of nitrogens with zero attached hydrogens (tertiary/aromatic N) is 3. The molecule has 3 rings (SSSR count). The Labute approximate surface area is 126 Å². The Morgan fingerprint density at radius 2 is 2.23 bits per heavy atom. The summed E-state index contributed by atoms with van der Waals surface area (Å²) in [5, 5.41) is 10.7. The number of aryl methyl sites for hydroxylation is 1. The van der Waals surface area contributed by atoms with Crippen LogP contribution < -0.4 is 0 Å². The van der Waals surface area contributed by atoms with Gasteiger partial charge in [0.25, 0.3) is 5.91 Å². The Balaban J connectivity index is 1.88. The van der Waals surface area contributed by atoms with E-state index in [0.717, 1.165) is 5.69 Å². The van der Waals surface area contributed by atoms with Crippen LogP contribution in [0.3, 0.4) is 0 Å². The second-order valence-corrected chi connectivity index (χ2v) is 5.03. The summed E-state index contributed by atoms with van der Waals surface area (Å²) in [6.45, 7) is 1.21. The average Bonchev–Trinajstić information content (AvgIpc) is 3.15.